The molecule has 0 aromatic rings. The monoisotopic (exact) mass is 125 g/mol. The molecule has 50 valence electrons. The lowest BCUT2D eigenvalue weighted by atomic mass is 10.2. The van der Waals surface area contributed by atoms with Crippen molar-refractivity contribution in [1.29, 1.82) is 0 Å². The summed E-state index contributed by atoms with van der Waals surface area (Å²) in [6, 6.07) is 0. The highest BCUT2D eigenvalue weighted by Gasteiger charge is 2.30. The van der Waals surface area contributed by atoms with Crippen molar-refractivity contribution in [2.75, 3.05) is 6.54 Å². The molecule has 0 saturated carbocycles. The molecule has 0 aliphatic heterocycles. The first kappa shape index (κ1) is 7.78. The van der Waals surface area contributed by atoms with E-state index in [9.17, 15) is 8.78 Å². The molecule has 0 aromatic carbocycles. The van der Waals surface area contributed by atoms with Crippen molar-refractivity contribution in [3.8, 4) is 0 Å². The Kier molecular flexibility index (Phi) is 2.30. The summed E-state index contributed by atoms with van der Waals surface area (Å²) in [5.74, 6) is -3.06. The predicted molar refractivity (Wildman–Crippen MR) is 25.7 cm³/mol. The average molecular weight is 125 g/mol. The third-order valence-corrected chi connectivity index (χ3v) is 0.808. The van der Waals surface area contributed by atoms with Crippen LogP contribution >= 0.6 is 0 Å². The van der Waals surface area contributed by atoms with Crippen LogP contribution in [0.15, 0.2) is 0 Å². The summed E-state index contributed by atoms with van der Waals surface area (Å²) in [5, 5.41) is 8.32. The van der Waals surface area contributed by atoms with Gasteiger partial charge in [-0.2, -0.15) is 0 Å². The quantitative estimate of drug-likeness (QED) is 0.544. The van der Waals surface area contributed by atoms with E-state index in [0.717, 1.165) is 0 Å². The molecule has 4 heteroatoms. The number of aliphatic hydroxyl groups excluding tert-OH is 1. The Hall–Kier alpha value is -0.220. The largest absolute Gasteiger partial charge is 0.386 e. The molecular formula is C4H9F2NO. The molecule has 0 saturated heterocycles. The van der Waals surface area contributed by atoms with Gasteiger partial charge in [0, 0.05) is 13.5 Å². The van der Waals surface area contributed by atoms with Gasteiger partial charge in [0.2, 0.25) is 0 Å². The van der Waals surface area contributed by atoms with Gasteiger partial charge in [0.1, 0.15) is 6.10 Å². The third-order valence-electron chi connectivity index (χ3n) is 0.808. The molecule has 3 N–H and O–H groups in total. The summed E-state index contributed by atoms with van der Waals surface area (Å²) < 4.78 is 23.6. The van der Waals surface area contributed by atoms with E-state index >= 15 is 0 Å². The van der Waals surface area contributed by atoms with E-state index in [1.807, 2.05) is 0 Å². The van der Waals surface area contributed by atoms with Crippen LogP contribution in [0.25, 0.3) is 0 Å². The first-order valence-electron chi connectivity index (χ1n) is 2.24. The molecule has 0 spiro atoms. The normalized spacial score (nSPS) is 16.1. The number of halogens is 2. The summed E-state index contributed by atoms with van der Waals surface area (Å²) in [6.45, 7) is 0.230. The second-order valence-electron chi connectivity index (χ2n) is 1.71. The lowest BCUT2D eigenvalue weighted by Gasteiger charge is -2.14. The average Bonchev–Trinajstić information content (AvgIpc) is 1.62. The summed E-state index contributed by atoms with van der Waals surface area (Å²) in [5.41, 5.74) is 4.73. The standard InChI is InChI=1S/C4H9F2NO/c1-4(5,6)3(8)2-7/h3,8H,2,7H2,1H3/t3-/m1/s1. The van der Waals surface area contributed by atoms with Crippen LogP contribution in [0.3, 0.4) is 0 Å². The number of rotatable bonds is 2. The maximum absolute atomic E-state index is 11.8. The van der Waals surface area contributed by atoms with Crippen LogP contribution in [-0.4, -0.2) is 23.7 Å². The lowest BCUT2D eigenvalue weighted by molar-refractivity contribution is -0.0878. The maximum atomic E-state index is 11.8. The molecular weight excluding hydrogens is 116 g/mol. The van der Waals surface area contributed by atoms with Gasteiger partial charge >= 0.3 is 0 Å². The predicted octanol–water partition coefficient (Wildman–Crippen LogP) is -0.0388. The van der Waals surface area contributed by atoms with Gasteiger partial charge in [-0.25, -0.2) is 8.78 Å². The Morgan fingerprint density at radius 3 is 2.12 bits per heavy atom. The number of aliphatic hydroxyl groups is 1. The second kappa shape index (κ2) is 2.37. The van der Waals surface area contributed by atoms with Crippen molar-refractivity contribution in [3.05, 3.63) is 0 Å². The van der Waals surface area contributed by atoms with Gasteiger partial charge in [-0.05, 0) is 0 Å². The Morgan fingerprint density at radius 2 is 2.12 bits per heavy atom. The lowest BCUT2D eigenvalue weighted by Crippen LogP contribution is -2.36. The molecule has 0 heterocycles. The van der Waals surface area contributed by atoms with E-state index in [1.54, 1.807) is 0 Å². The van der Waals surface area contributed by atoms with E-state index in [4.69, 9.17) is 10.8 Å². The van der Waals surface area contributed by atoms with Crippen molar-refractivity contribution < 1.29 is 13.9 Å². The zero-order valence-corrected chi connectivity index (χ0v) is 4.56. The molecule has 0 radical (unpaired) electrons. The molecule has 1 atom stereocenters. The Labute approximate surface area is 46.3 Å². The first-order chi connectivity index (χ1) is 3.48. The summed E-state index contributed by atoms with van der Waals surface area (Å²) in [4.78, 5) is 0. The molecule has 8 heavy (non-hydrogen) atoms. The molecule has 0 fully saturated rings. The van der Waals surface area contributed by atoms with E-state index in [-0.39, 0.29) is 0 Å². The van der Waals surface area contributed by atoms with Gasteiger partial charge in [-0.1, -0.05) is 0 Å². The van der Waals surface area contributed by atoms with Gasteiger partial charge in [0.05, 0.1) is 0 Å². The molecule has 0 amide bonds. The van der Waals surface area contributed by atoms with Gasteiger partial charge < -0.3 is 10.8 Å². The van der Waals surface area contributed by atoms with Crippen molar-refractivity contribution in [2.45, 2.75) is 19.0 Å². The van der Waals surface area contributed by atoms with Gasteiger partial charge in [-0.3, -0.25) is 0 Å². The third kappa shape index (κ3) is 2.18. The maximum Gasteiger partial charge on any atom is 0.271 e. The molecule has 0 bridgehead atoms. The fourth-order valence-electron chi connectivity index (χ4n) is 0.207. The van der Waals surface area contributed by atoms with Crippen LogP contribution in [0.5, 0.6) is 0 Å². The number of hydrogen-bond acceptors (Lipinski definition) is 2. The molecule has 0 aliphatic rings. The fourth-order valence-corrected chi connectivity index (χ4v) is 0.207. The topological polar surface area (TPSA) is 46.2 Å². The Balaban J connectivity index is 3.62. The molecule has 0 rings (SSSR count). The zero-order valence-electron chi connectivity index (χ0n) is 4.56. The van der Waals surface area contributed by atoms with Crippen LogP contribution in [0.1, 0.15) is 6.92 Å². The minimum Gasteiger partial charge on any atom is -0.386 e. The number of nitrogens with two attached hydrogens (primary N) is 1. The van der Waals surface area contributed by atoms with Crippen molar-refractivity contribution in [2.24, 2.45) is 5.73 Å². The van der Waals surface area contributed by atoms with Crippen molar-refractivity contribution >= 4 is 0 Å². The molecule has 2 nitrogen and oxygen atoms in total. The minimum absolute atomic E-state index is 0.399. The fraction of sp³-hybridized carbons (Fsp3) is 1.00. The molecule has 0 aliphatic carbocycles. The van der Waals surface area contributed by atoms with E-state index < -0.39 is 18.6 Å². The minimum atomic E-state index is -3.06. The first-order valence-corrected chi connectivity index (χ1v) is 2.24. The molecule has 0 aromatic heterocycles. The van der Waals surface area contributed by atoms with E-state index in [0.29, 0.717) is 6.92 Å². The molecule has 0 unspecified atom stereocenters. The highest BCUT2D eigenvalue weighted by Crippen LogP contribution is 2.15. The van der Waals surface area contributed by atoms with Crippen molar-refractivity contribution in [3.63, 3.8) is 0 Å². The number of hydrogen-bond donors (Lipinski definition) is 2. The highest BCUT2D eigenvalue weighted by molar-refractivity contribution is 4.70. The summed E-state index contributed by atoms with van der Waals surface area (Å²) in [6.07, 6.45) is -1.71. The van der Waals surface area contributed by atoms with Gasteiger partial charge in [-0.15, -0.1) is 0 Å². The van der Waals surface area contributed by atoms with Gasteiger partial charge in [0.25, 0.3) is 5.92 Å². The SMILES string of the molecule is CC(F)(F)[C@H](O)CN. The zero-order chi connectivity index (χ0) is 6.78. The number of alkyl halides is 2. The van der Waals surface area contributed by atoms with Crippen LogP contribution in [0.2, 0.25) is 0 Å². The summed E-state index contributed by atoms with van der Waals surface area (Å²) in [7, 11) is 0. The van der Waals surface area contributed by atoms with Crippen LogP contribution in [0, 0.1) is 0 Å². The highest BCUT2D eigenvalue weighted by atomic mass is 19.3. The van der Waals surface area contributed by atoms with E-state index in [1.165, 1.54) is 0 Å². The summed E-state index contributed by atoms with van der Waals surface area (Å²) >= 11 is 0. The van der Waals surface area contributed by atoms with Crippen molar-refractivity contribution in [1.82, 2.24) is 0 Å². The Morgan fingerprint density at radius 1 is 1.75 bits per heavy atom. The van der Waals surface area contributed by atoms with Crippen LogP contribution in [-0.2, 0) is 0 Å². The second-order valence-corrected chi connectivity index (χ2v) is 1.71. The Bertz CT molecular complexity index is 70.9. The van der Waals surface area contributed by atoms with Gasteiger partial charge in [0.15, 0.2) is 0 Å². The van der Waals surface area contributed by atoms with E-state index in [2.05, 4.69) is 0 Å². The van der Waals surface area contributed by atoms with Crippen LogP contribution in [0.4, 0.5) is 8.78 Å². The smallest absolute Gasteiger partial charge is 0.271 e. The van der Waals surface area contributed by atoms with Crippen LogP contribution < -0.4 is 5.73 Å².